The van der Waals surface area contributed by atoms with E-state index in [0.717, 1.165) is 23.1 Å². The minimum Gasteiger partial charge on any atom is -0.359 e. The van der Waals surface area contributed by atoms with Crippen molar-refractivity contribution in [2.24, 2.45) is 11.8 Å². The van der Waals surface area contributed by atoms with Crippen molar-refractivity contribution >= 4 is 38.7 Å². The van der Waals surface area contributed by atoms with Gasteiger partial charge in [0.25, 0.3) is 0 Å². The third-order valence-electron chi connectivity index (χ3n) is 5.18. The van der Waals surface area contributed by atoms with E-state index in [-0.39, 0.29) is 5.75 Å². The maximum Gasteiger partial charge on any atom is 0.232 e. The first kappa shape index (κ1) is 17.5. The summed E-state index contributed by atoms with van der Waals surface area (Å²) < 4.78 is 26.0. The van der Waals surface area contributed by atoms with Crippen molar-refractivity contribution in [1.29, 1.82) is 0 Å². The lowest BCUT2D eigenvalue weighted by Gasteiger charge is -2.24. The summed E-state index contributed by atoms with van der Waals surface area (Å²) in [4.78, 5) is 0. The standard InChI is InChI=1S/C17H25N3O2S2/c1-3-24(21,22)20-15-7-6-14(8-11(15)2)18-17(23)19-16-10-12-4-5-13(16)9-12/h6-8,12-13,16,20H,3-5,9-10H2,1-2H3,(H2,18,19,23)/t12-,13-,16+/m0/s1. The Labute approximate surface area is 149 Å². The number of sulfonamides is 1. The Morgan fingerprint density at radius 2 is 2.08 bits per heavy atom. The lowest BCUT2D eigenvalue weighted by atomic mass is 9.96. The average molecular weight is 368 g/mol. The number of rotatable bonds is 5. The van der Waals surface area contributed by atoms with Crippen LogP contribution < -0.4 is 15.4 Å². The summed E-state index contributed by atoms with van der Waals surface area (Å²) in [6.07, 6.45) is 5.25. The SMILES string of the molecule is CCS(=O)(=O)Nc1ccc(NC(=S)N[C@@H]2C[C@H]3CC[C@H]2C3)cc1C. The fraction of sp³-hybridized carbons (Fsp3) is 0.588. The molecule has 0 aromatic heterocycles. The average Bonchev–Trinajstić information content (AvgIpc) is 3.12. The summed E-state index contributed by atoms with van der Waals surface area (Å²) in [6.45, 7) is 3.50. The van der Waals surface area contributed by atoms with Crippen molar-refractivity contribution in [3.63, 3.8) is 0 Å². The zero-order chi connectivity index (χ0) is 17.3. The number of aryl methyl sites for hydroxylation is 1. The molecule has 3 atom stereocenters. The van der Waals surface area contributed by atoms with E-state index in [9.17, 15) is 8.42 Å². The van der Waals surface area contributed by atoms with E-state index in [2.05, 4.69) is 15.4 Å². The second-order valence-electron chi connectivity index (χ2n) is 6.92. The summed E-state index contributed by atoms with van der Waals surface area (Å²) in [5.41, 5.74) is 2.33. The second-order valence-corrected chi connectivity index (χ2v) is 9.33. The molecule has 0 unspecified atom stereocenters. The molecule has 0 amide bonds. The highest BCUT2D eigenvalue weighted by atomic mass is 32.2. The van der Waals surface area contributed by atoms with Crippen LogP contribution in [0.1, 0.15) is 38.2 Å². The maximum absolute atomic E-state index is 11.7. The number of hydrogen-bond acceptors (Lipinski definition) is 3. The number of hydrogen-bond donors (Lipinski definition) is 3. The highest BCUT2D eigenvalue weighted by Gasteiger charge is 2.39. The Bertz CT molecular complexity index is 733. The molecule has 3 rings (SSSR count). The molecule has 24 heavy (non-hydrogen) atoms. The first-order chi connectivity index (χ1) is 11.4. The summed E-state index contributed by atoms with van der Waals surface area (Å²) in [5.74, 6) is 1.70. The quantitative estimate of drug-likeness (QED) is 0.697. The molecule has 1 aromatic rings. The van der Waals surface area contributed by atoms with Crippen molar-refractivity contribution in [2.45, 2.75) is 45.6 Å². The Morgan fingerprint density at radius 1 is 1.29 bits per heavy atom. The van der Waals surface area contributed by atoms with E-state index in [1.165, 1.54) is 25.7 Å². The molecule has 2 saturated carbocycles. The van der Waals surface area contributed by atoms with Gasteiger partial charge in [-0.25, -0.2) is 8.42 Å². The summed E-state index contributed by atoms with van der Waals surface area (Å²) in [5, 5.41) is 7.31. The fourth-order valence-electron chi connectivity index (χ4n) is 3.85. The lowest BCUT2D eigenvalue weighted by molar-refractivity contribution is 0.392. The van der Waals surface area contributed by atoms with Crippen LogP contribution in [0.5, 0.6) is 0 Å². The van der Waals surface area contributed by atoms with E-state index in [4.69, 9.17) is 12.2 Å². The number of anilines is 2. The molecule has 2 aliphatic carbocycles. The van der Waals surface area contributed by atoms with Gasteiger partial charge in [-0.05, 0) is 80.9 Å². The predicted octanol–water partition coefficient (Wildman–Crippen LogP) is 3.23. The summed E-state index contributed by atoms with van der Waals surface area (Å²) >= 11 is 5.44. The fourth-order valence-corrected chi connectivity index (χ4v) is 4.83. The van der Waals surface area contributed by atoms with Gasteiger partial charge >= 0.3 is 0 Å². The first-order valence-electron chi connectivity index (χ1n) is 8.55. The van der Waals surface area contributed by atoms with Gasteiger partial charge in [0.15, 0.2) is 5.11 Å². The smallest absolute Gasteiger partial charge is 0.232 e. The highest BCUT2D eigenvalue weighted by Crippen LogP contribution is 2.44. The largest absolute Gasteiger partial charge is 0.359 e. The molecule has 132 valence electrons. The van der Waals surface area contributed by atoms with Gasteiger partial charge in [0.05, 0.1) is 11.4 Å². The van der Waals surface area contributed by atoms with Crippen LogP contribution >= 0.6 is 12.2 Å². The van der Waals surface area contributed by atoms with Crippen LogP contribution in [0, 0.1) is 18.8 Å². The first-order valence-corrected chi connectivity index (χ1v) is 10.6. The number of fused-ring (bicyclic) bond motifs is 2. The van der Waals surface area contributed by atoms with Crippen molar-refractivity contribution in [2.75, 3.05) is 15.8 Å². The molecule has 2 aliphatic rings. The second kappa shape index (κ2) is 6.88. The summed E-state index contributed by atoms with van der Waals surface area (Å²) in [7, 11) is -3.26. The molecule has 0 radical (unpaired) electrons. The van der Waals surface area contributed by atoms with E-state index in [1.54, 1.807) is 13.0 Å². The molecule has 1 aromatic carbocycles. The molecule has 5 nitrogen and oxygen atoms in total. The lowest BCUT2D eigenvalue weighted by Crippen LogP contribution is -2.40. The van der Waals surface area contributed by atoms with Crippen LogP contribution in [0.4, 0.5) is 11.4 Å². The summed E-state index contributed by atoms with van der Waals surface area (Å²) in [6, 6.07) is 6.02. The van der Waals surface area contributed by atoms with Crippen molar-refractivity contribution in [3.8, 4) is 0 Å². The minimum absolute atomic E-state index is 0.0595. The molecular formula is C17H25N3O2S2. The van der Waals surface area contributed by atoms with Crippen molar-refractivity contribution < 1.29 is 8.42 Å². The third kappa shape index (κ3) is 4.00. The predicted molar refractivity (Wildman–Crippen MR) is 103 cm³/mol. The Kier molecular flexibility index (Phi) is 5.01. The maximum atomic E-state index is 11.7. The Balaban J connectivity index is 1.59. The normalized spacial score (nSPS) is 25.5. The van der Waals surface area contributed by atoms with E-state index in [0.29, 0.717) is 16.8 Å². The Hall–Kier alpha value is -1.34. The number of thiocarbonyl (C=S) groups is 1. The molecular weight excluding hydrogens is 342 g/mol. The van der Waals surface area contributed by atoms with E-state index in [1.807, 2.05) is 19.1 Å². The van der Waals surface area contributed by atoms with Gasteiger partial charge in [-0.15, -0.1) is 0 Å². The van der Waals surface area contributed by atoms with Gasteiger partial charge in [-0.1, -0.05) is 6.42 Å². The molecule has 0 saturated heterocycles. The highest BCUT2D eigenvalue weighted by molar-refractivity contribution is 7.92. The van der Waals surface area contributed by atoms with Gasteiger partial charge in [0, 0.05) is 11.7 Å². The molecule has 2 fully saturated rings. The zero-order valence-corrected chi connectivity index (χ0v) is 15.8. The van der Waals surface area contributed by atoms with Gasteiger partial charge in [0.1, 0.15) is 0 Å². The number of benzene rings is 1. The molecule has 0 aliphatic heterocycles. The van der Waals surface area contributed by atoms with Crippen LogP contribution in [-0.4, -0.2) is 25.3 Å². The van der Waals surface area contributed by atoms with Crippen LogP contribution in [0.25, 0.3) is 0 Å². The van der Waals surface area contributed by atoms with Crippen LogP contribution in [-0.2, 0) is 10.0 Å². The van der Waals surface area contributed by atoms with Crippen LogP contribution in [0.3, 0.4) is 0 Å². The Morgan fingerprint density at radius 3 is 2.67 bits per heavy atom. The van der Waals surface area contributed by atoms with Gasteiger partial charge < -0.3 is 10.6 Å². The van der Waals surface area contributed by atoms with Gasteiger partial charge in [-0.3, -0.25) is 4.72 Å². The monoisotopic (exact) mass is 367 g/mol. The van der Waals surface area contributed by atoms with Gasteiger partial charge in [0.2, 0.25) is 10.0 Å². The van der Waals surface area contributed by atoms with Crippen molar-refractivity contribution in [3.05, 3.63) is 23.8 Å². The molecule has 0 heterocycles. The minimum atomic E-state index is -3.26. The van der Waals surface area contributed by atoms with E-state index >= 15 is 0 Å². The van der Waals surface area contributed by atoms with E-state index < -0.39 is 10.0 Å². The molecule has 0 spiro atoms. The number of nitrogens with one attached hydrogen (secondary N) is 3. The molecule has 2 bridgehead atoms. The third-order valence-corrected chi connectivity index (χ3v) is 6.70. The van der Waals surface area contributed by atoms with Crippen LogP contribution in [0.2, 0.25) is 0 Å². The van der Waals surface area contributed by atoms with Crippen molar-refractivity contribution in [1.82, 2.24) is 5.32 Å². The molecule has 7 heteroatoms. The van der Waals surface area contributed by atoms with Gasteiger partial charge in [-0.2, -0.15) is 0 Å². The molecule has 3 N–H and O–H groups in total. The topological polar surface area (TPSA) is 70.2 Å². The zero-order valence-electron chi connectivity index (χ0n) is 14.1. The van der Waals surface area contributed by atoms with Crippen LogP contribution in [0.15, 0.2) is 18.2 Å².